The molecule has 4 heteroatoms. The summed E-state index contributed by atoms with van der Waals surface area (Å²) in [6.45, 7) is 0. The number of amides is 1. The normalized spacial score (nSPS) is 25.7. The predicted octanol–water partition coefficient (Wildman–Crippen LogP) is 2.64. The van der Waals surface area contributed by atoms with Crippen molar-refractivity contribution >= 4 is 12.2 Å². The Kier molecular flexibility index (Phi) is 2.62. The summed E-state index contributed by atoms with van der Waals surface area (Å²) in [5.74, 6) is 0. The van der Waals surface area contributed by atoms with Gasteiger partial charge in [0.1, 0.15) is 6.10 Å². The molecule has 1 heterocycles. The zero-order chi connectivity index (χ0) is 9.54. The van der Waals surface area contributed by atoms with Crippen molar-refractivity contribution in [3.63, 3.8) is 0 Å². The number of benzene rings is 1. The zero-order valence-electron chi connectivity index (χ0n) is 7.72. The van der Waals surface area contributed by atoms with Crippen LogP contribution in [0.1, 0.15) is 17.2 Å². The fraction of sp³-hybridized carbons (Fsp3) is 0.182. The van der Waals surface area contributed by atoms with Crippen LogP contribution in [0, 0.1) is 0 Å². The summed E-state index contributed by atoms with van der Waals surface area (Å²) in [5, 5.41) is 3.86. The van der Waals surface area contributed by atoms with Crippen molar-refractivity contribution in [3.05, 3.63) is 46.8 Å². The van der Waals surface area contributed by atoms with E-state index in [4.69, 9.17) is 4.74 Å². The molecular formula is C11H8NO2Rh-. The quantitative estimate of drug-likeness (QED) is 0.689. The first-order valence-electron chi connectivity index (χ1n) is 4.53. The van der Waals surface area contributed by atoms with Crippen molar-refractivity contribution in [1.29, 1.82) is 0 Å². The summed E-state index contributed by atoms with van der Waals surface area (Å²) < 4.78 is 5.13. The maximum atomic E-state index is 11.0. The fourth-order valence-corrected chi connectivity index (χ4v) is 1.91. The van der Waals surface area contributed by atoms with E-state index in [9.17, 15) is 4.79 Å². The SMILES string of the molecule is O=C1[N-][C@@H]2C=Cc3ccccc3[C@H]2O1.[Rh]. The van der Waals surface area contributed by atoms with Crippen LogP contribution in [0.2, 0.25) is 0 Å². The minimum Gasteiger partial charge on any atom is -0.608 e. The smallest absolute Gasteiger partial charge is 0.230 e. The summed E-state index contributed by atoms with van der Waals surface area (Å²) in [7, 11) is 0. The van der Waals surface area contributed by atoms with Crippen LogP contribution in [-0.4, -0.2) is 12.1 Å². The average Bonchev–Trinajstić information content (AvgIpc) is 2.59. The molecule has 0 unspecified atom stereocenters. The number of fused-ring (bicyclic) bond motifs is 3. The Labute approximate surface area is 100 Å². The second-order valence-electron chi connectivity index (χ2n) is 3.41. The average molecular weight is 289 g/mol. The Morgan fingerprint density at radius 3 is 2.93 bits per heavy atom. The number of hydrogen-bond acceptors (Lipinski definition) is 2. The van der Waals surface area contributed by atoms with Gasteiger partial charge < -0.3 is 10.1 Å². The monoisotopic (exact) mass is 289 g/mol. The molecule has 0 N–H and O–H groups in total. The molecule has 1 radical (unpaired) electrons. The van der Waals surface area contributed by atoms with E-state index in [1.165, 1.54) is 0 Å². The van der Waals surface area contributed by atoms with Crippen molar-refractivity contribution in [2.75, 3.05) is 0 Å². The predicted molar refractivity (Wildman–Crippen MR) is 51.8 cm³/mol. The van der Waals surface area contributed by atoms with Gasteiger partial charge in [0.15, 0.2) is 0 Å². The molecule has 0 aromatic heterocycles. The topological polar surface area (TPSA) is 40.4 Å². The third kappa shape index (κ3) is 1.59. The molecule has 0 bridgehead atoms. The van der Waals surface area contributed by atoms with Crippen LogP contribution in [0.3, 0.4) is 0 Å². The van der Waals surface area contributed by atoms with E-state index in [2.05, 4.69) is 5.32 Å². The van der Waals surface area contributed by atoms with Gasteiger partial charge in [-0.3, -0.25) is 4.79 Å². The number of carbonyl (C=O) groups excluding carboxylic acids is 1. The van der Waals surface area contributed by atoms with Crippen LogP contribution in [0.25, 0.3) is 11.4 Å². The molecule has 1 aliphatic carbocycles. The van der Waals surface area contributed by atoms with Crippen molar-refractivity contribution in [2.45, 2.75) is 12.1 Å². The van der Waals surface area contributed by atoms with E-state index >= 15 is 0 Å². The van der Waals surface area contributed by atoms with Gasteiger partial charge in [0.25, 0.3) is 0 Å². The Bertz CT molecular complexity index is 430. The number of rotatable bonds is 0. The second kappa shape index (κ2) is 3.78. The van der Waals surface area contributed by atoms with E-state index in [-0.39, 0.29) is 31.6 Å². The van der Waals surface area contributed by atoms with Crippen molar-refractivity contribution in [1.82, 2.24) is 0 Å². The van der Waals surface area contributed by atoms with Crippen molar-refractivity contribution < 1.29 is 29.0 Å². The van der Waals surface area contributed by atoms with Crippen LogP contribution in [0.4, 0.5) is 4.79 Å². The van der Waals surface area contributed by atoms with Gasteiger partial charge in [-0.25, -0.2) is 0 Å². The summed E-state index contributed by atoms with van der Waals surface area (Å²) in [6.07, 6.45) is 3.24. The standard InChI is InChI=1S/C11H9NO2.Rh/c13-11-12-9-6-5-7-3-1-2-4-8(7)10(9)14-11;/h1-6,9-10H,(H,12,13);/p-1/t9-,10-;/m1./s1. The number of ether oxygens (including phenoxy) is 1. The molecule has 1 fully saturated rings. The van der Waals surface area contributed by atoms with E-state index in [0.717, 1.165) is 11.1 Å². The van der Waals surface area contributed by atoms with Gasteiger partial charge in [0, 0.05) is 19.5 Å². The second-order valence-corrected chi connectivity index (χ2v) is 3.41. The van der Waals surface area contributed by atoms with Crippen molar-refractivity contribution in [3.8, 4) is 0 Å². The van der Waals surface area contributed by atoms with Crippen LogP contribution < -0.4 is 0 Å². The minimum atomic E-state index is -0.457. The van der Waals surface area contributed by atoms with E-state index < -0.39 is 6.09 Å². The fourth-order valence-electron chi connectivity index (χ4n) is 1.91. The molecule has 0 spiro atoms. The first-order valence-corrected chi connectivity index (χ1v) is 4.53. The van der Waals surface area contributed by atoms with Crippen LogP contribution in [0.5, 0.6) is 0 Å². The van der Waals surface area contributed by atoms with E-state index in [1.807, 2.05) is 36.4 Å². The molecule has 3 nitrogen and oxygen atoms in total. The molecule has 1 amide bonds. The van der Waals surface area contributed by atoms with Gasteiger partial charge in [0.2, 0.25) is 6.09 Å². The molecule has 0 saturated carbocycles. The van der Waals surface area contributed by atoms with Gasteiger partial charge in [-0.05, 0) is 11.1 Å². The largest absolute Gasteiger partial charge is 0.608 e. The maximum Gasteiger partial charge on any atom is 0.230 e. The summed E-state index contributed by atoms with van der Waals surface area (Å²) in [5.41, 5.74) is 2.16. The van der Waals surface area contributed by atoms with Gasteiger partial charge >= 0.3 is 0 Å². The molecule has 15 heavy (non-hydrogen) atoms. The Morgan fingerprint density at radius 2 is 2.07 bits per heavy atom. The molecular weight excluding hydrogens is 281 g/mol. The molecule has 1 aromatic rings. The maximum absolute atomic E-state index is 11.0. The van der Waals surface area contributed by atoms with Gasteiger partial charge in [0.05, 0.1) is 0 Å². The Balaban J connectivity index is 0.000000853. The third-order valence-corrected chi connectivity index (χ3v) is 2.57. The first kappa shape index (κ1) is 10.4. The van der Waals surface area contributed by atoms with Crippen LogP contribution in [-0.2, 0) is 24.2 Å². The molecule has 2 atom stereocenters. The zero-order valence-corrected chi connectivity index (χ0v) is 9.35. The Morgan fingerprint density at radius 1 is 1.27 bits per heavy atom. The summed E-state index contributed by atoms with van der Waals surface area (Å²) in [4.78, 5) is 11.0. The van der Waals surface area contributed by atoms with Gasteiger partial charge in [-0.15, -0.1) is 0 Å². The van der Waals surface area contributed by atoms with E-state index in [1.54, 1.807) is 0 Å². The Hall–Kier alpha value is -1.15. The molecule has 1 saturated heterocycles. The molecule has 3 rings (SSSR count). The number of nitrogens with zero attached hydrogens (tertiary/aromatic N) is 1. The molecule has 2 aliphatic rings. The summed E-state index contributed by atoms with van der Waals surface area (Å²) in [6, 6.07) is 7.77. The third-order valence-electron chi connectivity index (χ3n) is 2.57. The van der Waals surface area contributed by atoms with Crippen LogP contribution in [0.15, 0.2) is 30.3 Å². The van der Waals surface area contributed by atoms with Gasteiger partial charge in [-0.2, -0.15) is 0 Å². The van der Waals surface area contributed by atoms with Crippen LogP contribution >= 0.6 is 0 Å². The minimum absolute atomic E-state index is 0. The van der Waals surface area contributed by atoms with Crippen molar-refractivity contribution in [2.24, 2.45) is 0 Å². The first-order chi connectivity index (χ1) is 6.84. The number of hydrogen-bond donors (Lipinski definition) is 0. The number of carbonyl (C=O) groups is 1. The molecule has 1 aromatic carbocycles. The molecule has 1 aliphatic heterocycles. The summed E-state index contributed by atoms with van der Waals surface area (Å²) >= 11 is 0. The molecule has 79 valence electrons. The van der Waals surface area contributed by atoms with E-state index in [0.29, 0.717) is 0 Å². The van der Waals surface area contributed by atoms with Gasteiger partial charge in [-0.1, -0.05) is 42.5 Å².